The van der Waals surface area contributed by atoms with Crippen LogP contribution in [0, 0.1) is 5.92 Å². The molecule has 0 aromatic heterocycles. The second-order valence-corrected chi connectivity index (χ2v) is 3.98. The minimum Gasteiger partial charge on any atom is -0.389 e. The maximum atomic E-state index is 11.0. The molecule has 0 aromatic carbocycles. The van der Waals surface area contributed by atoms with E-state index >= 15 is 0 Å². The summed E-state index contributed by atoms with van der Waals surface area (Å²) in [7, 11) is 0. The molecule has 0 atom stereocenters. The molecule has 1 saturated carbocycles. The third-order valence-electron chi connectivity index (χ3n) is 2.95. The van der Waals surface area contributed by atoms with E-state index in [-0.39, 0.29) is 18.1 Å². The Morgan fingerprint density at radius 2 is 2.08 bits per heavy atom. The molecule has 0 aliphatic heterocycles. The third-order valence-corrected chi connectivity index (χ3v) is 2.95. The number of ketones is 1. The number of hydrogen-bond donors (Lipinski definition) is 1. The van der Waals surface area contributed by atoms with Crippen molar-refractivity contribution in [2.75, 3.05) is 0 Å². The summed E-state index contributed by atoms with van der Waals surface area (Å²) in [5, 5.41) is 9.83. The molecule has 3 nitrogen and oxygen atoms in total. The predicted octanol–water partition coefficient (Wildman–Crippen LogP) is 1.09. The van der Waals surface area contributed by atoms with Gasteiger partial charge in [0.2, 0.25) is 0 Å². The van der Waals surface area contributed by atoms with Crippen LogP contribution in [-0.2, 0) is 9.59 Å². The Morgan fingerprint density at radius 3 is 2.46 bits per heavy atom. The van der Waals surface area contributed by atoms with Crippen LogP contribution in [-0.4, -0.2) is 22.8 Å². The van der Waals surface area contributed by atoms with E-state index in [9.17, 15) is 14.7 Å². The van der Waals surface area contributed by atoms with Gasteiger partial charge in [-0.1, -0.05) is 0 Å². The van der Waals surface area contributed by atoms with Gasteiger partial charge in [-0.3, -0.25) is 4.79 Å². The third kappa shape index (κ3) is 2.62. The molecule has 0 saturated heterocycles. The summed E-state index contributed by atoms with van der Waals surface area (Å²) in [6.07, 6.45) is 3.57. The molecule has 1 aliphatic carbocycles. The topological polar surface area (TPSA) is 54.4 Å². The SMILES string of the molecule is CC(=O)[C@H]1CC[C@@](O)(CC=O)CC1. The summed E-state index contributed by atoms with van der Waals surface area (Å²) in [5.41, 5.74) is -0.826. The molecule has 1 N–H and O–H groups in total. The summed E-state index contributed by atoms with van der Waals surface area (Å²) in [4.78, 5) is 21.3. The van der Waals surface area contributed by atoms with E-state index in [0.29, 0.717) is 12.8 Å². The lowest BCUT2D eigenvalue weighted by atomic mass is 9.76. The predicted molar refractivity (Wildman–Crippen MR) is 48.3 cm³/mol. The number of carbonyl (C=O) groups excluding carboxylic acids is 2. The number of aliphatic hydroxyl groups is 1. The van der Waals surface area contributed by atoms with Crippen molar-refractivity contribution < 1.29 is 14.7 Å². The molecular weight excluding hydrogens is 168 g/mol. The zero-order valence-corrected chi connectivity index (χ0v) is 7.95. The highest BCUT2D eigenvalue weighted by molar-refractivity contribution is 5.78. The van der Waals surface area contributed by atoms with Gasteiger partial charge in [-0.05, 0) is 32.6 Å². The Hall–Kier alpha value is -0.700. The minimum atomic E-state index is -0.826. The Balaban J connectivity index is 2.46. The average molecular weight is 184 g/mol. The van der Waals surface area contributed by atoms with Crippen molar-refractivity contribution in [3.63, 3.8) is 0 Å². The number of rotatable bonds is 3. The van der Waals surface area contributed by atoms with Crippen molar-refractivity contribution in [1.29, 1.82) is 0 Å². The van der Waals surface area contributed by atoms with Gasteiger partial charge in [-0.25, -0.2) is 0 Å². The molecule has 0 unspecified atom stereocenters. The van der Waals surface area contributed by atoms with Crippen molar-refractivity contribution in [1.82, 2.24) is 0 Å². The highest BCUT2D eigenvalue weighted by atomic mass is 16.3. The zero-order chi connectivity index (χ0) is 9.90. The molecular formula is C10H16O3. The lowest BCUT2D eigenvalue weighted by Gasteiger charge is -2.33. The van der Waals surface area contributed by atoms with E-state index in [1.54, 1.807) is 6.92 Å². The highest BCUT2D eigenvalue weighted by Gasteiger charge is 2.33. The fourth-order valence-corrected chi connectivity index (χ4v) is 1.92. The molecule has 0 radical (unpaired) electrons. The van der Waals surface area contributed by atoms with Gasteiger partial charge in [0.1, 0.15) is 12.1 Å². The summed E-state index contributed by atoms with van der Waals surface area (Å²) >= 11 is 0. The van der Waals surface area contributed by atoms with Crippen molar-refractivity contribution >= 4 is 12.1 Å². The number of aldehydes is 1. The van der Waals surface area contributed by atoms with Crippen LogP contribution in [0.15, 0.2) is 0 Å². The molecule has 3 heteroatoms. The maximum absolute atomic E-state index is 11.0. The first-order chi connectivity index (χ1) is 6.07. The van der Waals surface area contributed by atoms with Crippen LogP contribution >= 0.6 is 0 Å². The number of Topliss-reactive ketones (excluding diaryl/α,β-unsaturated/α-hetero) is 1. The Bertz CT molecular complexity index is 202. The lowest BCUT2D eigenvalue weighted by Crippen LogP contribution is -2.35. The van der Waals surface area contributed by atoms with Crippen LogP contribution in [0.4, 0.5) is 0 Å². The van der Waals surface area contributed by atoms with Crippen LogP contribution < -0.4 is 0 Å². The van der Waals surface area contributed by atoms with E-state index in [1.165, 1.54) is 0 Å². The van der Waals surface area contributed by atoms with Crippen molar-refractivity contribution in [3.8, 4) is 0 Å². The smallest absolute Gasteiger partial charge is 0.132 e. The Kier molecular flexibility index (Phi) is 3.20. The van der Waals surface area contributed by atoms with E-state index < -0.39 is 5.60 Å². The molecule has 74 valence electrons. The van der Waals surface area contributed by atoms with Gasteiger partial charge in [-0.15, -0.1) is 0 Å². The van der Waals surface area contributed by atoms with Crippen molar-refractivity contribution in [2.24, 2.45) is 5.92 Å². The second kappa shape index (κ2) is 4.01. The van der Waals surface area contributed by atoms with Crippen LogP contribution in [0.1, 0.15) is 39.0 Å². The van der Waals surface area contributed by atoms with Crippen LogP contribution in [0.25, 0.3) is 0 Å². The number of carbonyl (C=O) groups is 2. The summed E-state index contributed by atoms with van der Waals surface area (Å²) in [5.74, 6) is 0.306. The van der Waals surface area contributed by atoms with Gasteiger partial charge in [0.05, 0.1) is 5.60 Å². The average Bonchev–Trinajstić information content (AvgIpc) is 2.05. The van der Waals surface area contributed by atoms with Crippen LogP contribution in [0.3, 0.4) is 0 Å². The van der Waals surface area contributed by atoms with E-state index in [1.807, 2.05) is 0 Å². The van der Waals surface area contributed by atoms with Gasteiger partial charge in [0, 0.05) is 12.3 Å². The maximum Gasteiger partial charge on any atom is 0.132 e. The van der Waals surface area contributed by atoms with Gasteiger partial charge in [0.25, 0.3) is 0 Å². The summed E-state index contributed by atoms with van der Waals surface area (Å²) in [6.45, 7) is 1.59. The Labute approximate surface area is 78.1 Å². The van der Waals surface area contributed by atoms with E-state index in [0.717, 1.165) is 19.1 Å². The van der Waals surface area contributed by atoms with Crippen molar-refractivity contribution in [3.05, 3.63) is 0 Å². The molecule has 0 heterocycles. The zero-order valence-electron chi connectivity index (χ0n) is 7.95. The monoisotopic (exact) mass is 184 g/mol. The molecule has 0 spiro atoms. The fraction of sp³-hybridized carbons (Fsp3) is 0.800. The minimum absolute atomic E-state index is 0.104. The molecule has 0 amide bonds. The molecule has 1 rings (SSSR count). The van der Waals surface area contributed by atoms with E-state index in [2.05, 4.69) is 0 Å². The summed E-state index contributed by atoms with van der Waals surface area (Å²) in [6, 6.07) is 0. The van der Waals surface area contributed by atoms with Gasteiger partial charge >= 0.3 is 0 Å². The largest absolute Gasteiger partial charge is 0.389 e. The molecule has 0 bridgehead atoms. The van der Waals surface area contributed by atoms with Gasteiger partial charge < -0.3 is 9.90 Å². The first-order valence-electron chi connectivity index (χ1n) is 4.74. The van der Waals surface area contributed by atoms with Gasteiger partial charge in [0.15, 0.2) is 0 Å². The van der Waals surface area contributed by atoms with Crippen LogP contribution in [0.2, 0.25) is 0 Å². The fourth-order valence-electron chi connectivity index (χ4n) is 1.92. The van der Waals surface area contributed by atoms with Crippen LogP contribution in [0.5, 0.6) is 0 Å². The quantitative estimate of drug-likeness (QED) is 0.668. The molecule has 1 fully saturated rings. The lowest BCUT2D eigenvalue weighted by molar-refractivity contribution is -0.124. The molecule has 13 heavy (non-hydrogen) atoms. The molecule has 1 aliphatic rings. The summed E-state index contributed by atoms with van der Waals surface area (Å²) < 4.78 is 0. The van der Waals surface area contributed by atoms with E-state index in [4.69, 9.17) is 0 Å². The number of hydrogen-bond acceptors (Lipinski definition) is 3. The second-order valence-electron chi connectivity index (χ2n) is 3.98. The normalized spacial score (nSPS) is 34.2. The first-order valence-corrected chi connectivity index (χ1v) is 4.74. The van der Waals surface area contributed by atoms with Crippen molar-refractivity contribution in [2.45, 2.75) is 44.6 Å². The standard InChI is InChI=1S/C10H16O3/c1-8(12)9-2-4-10(13,5-3-9)6-7-11/h7,9,13H,2-6H2,1H3/t9-,10-. The van der Waals surface area contributed by atoms with Gasteiger partial charge in [-0.2, -0.15) is 0 Å². The Morgan fingerprint density at radius 1 is 1.54 bits per heavy atom. The highest BCUT2D eigenvalue weighted by Crippen LogP contribution is 2.34. The molecule has 0 aromatic rings. The first kappa shape index (κ1) is 10.4.